The van der Waals surface area contributed by atoms with Crippen LogP contribution in [-0.2, 0) is 16.0 Å². The summed E-state index contributed by atoms with van der Waals surface area (Å²) in [5.74, 6) is 0.583. The fourth-order valence-corrected chi connectivity index (χ4v) is 1.48. The van der Waals surface area contributed by atoms with E-state index in [1.54, 1.807) is 7.11 Å². The second kappa shape index (κ2) is 6.16. The molecule has 1 atom stereocenters. The van der Waals surface area contributed by atoms with Crippen LogP contribution >= 0.6 is 0 Å². The number of carbonyl (C=O) groups is 1. The number of methoxy groups -OCH3 is 1. The van der Waals surface area contributed by atoms with Crippen molar-refractivity contribution in [2.45, 2.75) is 20.3 Å². The first-order valence-electron chi connectivity index (χ1n) is 5.47. The lowest BCUT2D eigenvalue weighted by atomic mass is 10.0. The molecule has 0 amide bonds. The van der Waals surface area contributed by atoms with Crippen molar-refractivity contribution in [2.24, 2.45) is 5.92 Å². The highest BCUT2D eigenvalue weighted by Gasteiger charge is 2.14. The van der Waals surface area contributed by atoms with Gasteiger partial charge < -0.3 is 9.47 Å². The first kappa shape index (κ1) is 12.6. The van der Waals surface area contributed by atoms with E-state index in [2.05, 4.69) is 0 Å². The average Bonchev–Trinajstić information content (AvgIpc) is 2.30. The van der Waals surface area contributed by atoms with Gasteiger partial charge in [-0.1, -0.05) is 19.1 Å². The largest absolute Gasteiger partial charge is 0.497 e. The van der Waals surface area contributed by atoms with Gasteiger partial charge in [-0.2, -0.15) is 0 Å². The molecule has 0 N–H and O–H groups in total. The van der Waals surface area contributed by atoms with E-state index in [0.29, 0.717) is 13.0 Å². The normalized spacial score (nSPS) is 11.9. The Labute approximate surface area is 96.4 Å². The summed E-state index contributed by atoms with van der Waals surface area (Å²) in [7, 11) is 1.64. The maximum atomic E-state index is 11.4. The number of rotatable bonds is 5. The van der Waals surface area contributed by atoms with E-state index in [4.69, 9.17) is 9.47 Å². The van der Waals surface area contributed by atoms with Crippen LogP contribution in [0.4, 0.5) is 0 Å². The van der Waals surface area contributed by atoms with Crippen LogP contribution in [0.25, 0.3) is 0 Å². The molecule has 0 bridgehead atoms. The van der Waals surface area contributed by atoms with Crippen LogP contribution in [0.2, 0.25) is 0 Å². The lowest BCUT2D eigenvalue weighted by Gasteiger charge is -2.10. The zero-order valence-electron chi connectivity index (χ0n) is 10.0. The maximum Gasteiger partial charge on any atom is 0.308 e. The third kappa shape index (κ3) is 3.57. The highest BCUT2D eigenvalue weighted by molar-refractivity contribution is 5.72. The minimum absolute atomic E-state index is 0.103. The molecule has 1 aromatic rings. The number of hydrogen-bond acceptors (Lipinski definition) is 3. The molecule has 0 saturated heterocycles. The second-order valence-corrected chi connectivity index (χ2v) is 3.71. The second-order valence-electron chi connectivity index (χ2n) is 3.71. The smallest absolute Gasteiger partial charge is 0.308 e. The monoisotopic (exact) mass is 222 g/mol. The summed E-state index contributed by atoms with van der Waals surface area (Å²) < 4.78 is 10.0. The predicted octanol–water partition coefficient (Wildman–Crippen LogP) is 2.44. The standard InChI is InChI=1S/C13H18O3/c1-4-16-13(14)10(2)9-11-5-7-12(15-3)8-6-11/h5-8,10H,4,9H2,1-3H3/t10-/m0/s1. The van der Waals surface area contributed by atoms with Gasteiger partial charge in [0, 0.05) is 0 Å². The van der Waals surface area contributed by atoms with Gasteiger partial charge in [0.1, 0.15) is 5.75 Å². The van der Waals surface area contributed by atoms with Gasteiger partial charge in [-0.3, -0.25) is 4.79 Å². The van der Waals surface area contributed by atoms with Crippen molar-refractivity contribution in [1.82, 2.24) is 0 Å². The molecule has 0 fully saturated rings. The van der Waals surface area contributed by atoms with E-state index in [9.17, 15) is 4.79 Å². The Morgan fingerprint density at radius 3 is 2.44 bits per heavy atom. The Hall–Kier alpha value is -1.51. The van der Waals surface area contributed by atoms with E-state index >= 15 is 0 Å². The van der Waals surface area contributed by atoms with Gasteiger partial charge >= 0.3 is 5.97 Å². The van der Waals surface area contributed by atoms with E-state index in [-0.39, 0.29) is 11.9 Å². The lowest BCUT2D eigenvalue weighted by molar-refractivity contribution is -0.147. The van der Waals surface area contributed by atoms with Crippen LogP contribution in [0.15, 0.2) is 24.3 Å². The Kier molecular flexibility index (Phi) is 4.83. The summed E-state index contributed by atoms with van der Waals surface area (Å²) in [6.07, 6.45) is 0.697. The highest BCUT2D eigenvalue weighted by Crippen LogP contribution is 2.15. The molecule has 3 heteroatoms. The van der Waals surface area contributed by atoms with Gasteiger partial charge in [-0.25, -0.2) is 0 Å². The predicted molar refractivity (Wildman–Crippen MR) is 62.5 cm³/mol. The van der Waals surface area contributed by atoms with Crippen LogP contribution in [0, 0.1) is 5.92 Å². The lowest BCUT2D eigenvalue weighted by Crippen LogP contribution is -2.16. The number of carbonyl (C=O) groups excluding carboxylic acids is 1. The Balaban J connectivity index is 2.55. The van der Waals surface area contributed by atoms with E-state index in [0.717, 1.165) is 11.3 Å². The summed E-state index contributed by atoms with van der Waals surface area (Å²) in [5, 5.41) is 0. The van der Waals surface area contributed by atoms with Crippen molar-refractivity contribution in [3.63, 3.8) is 0 Å². The topological polar surface area (TPSA) is 35.5 Å². The van der Waals surface area contributed by atoms with Crippen LogP contribution in [0.3, 0.4) is 0 Å². The molecule has 0 unspecified atom stereocenters. The van der Waals surface area contributed by atoms with Crippen LogP contribution in [0.5, 0.6) is 5.75 Å². The molecular weight excluding hydrogens is 204 g/mol. The third-order valence-electron chi connectivity index (χ3n) is 2.39. The van der Waals surface area contributed by atoms with Gasteiger partial charge in [0.05, 0.1) is 19.6 Å². The summed E-state index contributed by atoms with van der Waals surface area (Å²) in [6.45, 7) is 4.13. The molecule has 3 nitrogen and oxygen atoms in total. The van der Waals surface area contributed by atoms with Crippen molar-refractivity contribution in [3.05, 3.63) is 29.8 Å². The first-order valence-corrected chi connectivity index (χ1v) is 5.47. The van der Waals surface area contributed by atoms with Gasteiger partial charge in [-0.05, 0) is 31.0 Å². The van der Waals surface area contributed by atoms with Crippen molar-refractivity contribution in [2.75, 3.05) is 13.7 Å². The molecule has 0 aliphatic carbocycles. The summed E-state index contributed by atoms with van der Waals surface area (Å²) in [6, 6.07) is 7.73. The Morgan fingerprint density at radius 2 is 1.94 bits per heavy atom. The highest BCUT2D eigenvalue weighted by atomic mass is 16.5. The molecule has 0 saturated carbocycles. The zero-order chi connectivity index (χ0) is 12.0. The summed E-state index contributed by atoms with van der Waals surface area (Å²) >= 11 is 0. The Bertz CT molecular complexity index is 330. The van der Waals surface area contributed by atoms with Crippen molar-refractivity contribution < 1.29 is 14.3 Å². The first-order chi connectivity index (χ1) is 7.67. The molecular formula is C13H18O3. The molecule has 0 aliphatic heterocycles. The van der Waals surface area contributed by atoms with E-state index < -0.39 is 0 Å². The third-order valence-corrected chi connectivity index (χ3v) is 2.39. The van der Waals surface area contributed by atoms with E-state index in [1.165, 1.54) is 0 Å². The number of hydrogen-bond donors (Lipinski definition) is 0. The van der Waals surface area contributed by atoms with Crippen molar-refractivity contribution >= 4 is 5.97 Å². The molecule has 16 heavy (non-hydrogen) atoms. The van der Waals surface area contributed by atoms with E-state index in [1.807, 2.05) is 38.1 Å². The van der Waals surface area contributed by atoms with Gasteiger partial charge in [0.25, 0.3) is 0 Å². The van der Waals surface area contributed by atoms with Crippen LogP contribution < -0.4 is 4.74 Å². The van der Waals surface area contributed by atoms with Gasteiger partial charge in [0.2, 0.25) is 0 Å². The van der Waals surface area contributed by atoms with Gasteiger partial charge in [0.15, 0.2) is 0 Å². The van der Waals surface area contributed by atoms with Crippen LogP contribution in [-0.4, -0.2) is 19.7 Å². The molecule has 1 rings (SSSR count). The average molecular weight is 222 g/mol. The fourth-order valence-electron chi connectivity index (χ4n) is 1.48. The quantitative estimate of drug-likeness (QED) is 0.718. The maximum absolute atomic E-state index is 11.4. The van der Waals surface area contributed by atoms with Crippen LogP contribution in [0.1, 0.15) is 19.4 Å². The molecule has 0 radical (unpaired) electrons. The molecule has 1 aromatic carbocycles. The minimum Gasteiger partial charge on any atom is -0.497 e. The van der Waals surface area contributed by atoms with Gasteiger partial charge in [-0.15, -0.1) is 0 Å². The molecule has 0 aromatic heterocycles. The SMILES string of the molecule is CCOC(=O)[C@@H](C)Cc1ccc(OC)cc1. The molecule has 0 spiro atoms. The molecule has 0 heterocycles. The van der Waals surface area contributed by atoms with Crippen molar-refractivity contribution in [3.8, 4) is 5.75 Å². The zero-order valence-corrected chi connectivity index (χ0v) is 10.0. The number of ether oxygens (including phenoxy) is 2. The summed E-state index contributed by atoms with van der Waals surface area (Å²) in [5.41, 5.74) is 1.11. The Morgan fingerprint density at radius 1 is 1.31 bits per heavy atom. The number of benzene rings is 1. The fraction of sp³-hybridized carbons (Fsp3) is 0.462. The summed E-state index contributed by atoms with van der Waals surface area (Å²) in [4.78, 5) is 11.4. The minimum atomic E-state index is -0.140. The number of esters is 1. The van der Waals surface area contributed by atoms with Crippen molar-refractivity contribution in [1.29, 1.82) is 0 Å². The molecule has 0 aliphatic rings. The molecule has 88 valence electrons.